The lowest BCUT2D eigenvalue weighted by Gasteiger charge is -2.26. The topological polar surface area (TPSA) is 122 Å². The van der Waals surface area contributed by atoms with Crippen LogP contribution in [-0.4, -0.2) is 53.4 Å². The molecule has 0 atom stereocenters. The number of benzene rings is 2. The van der Waals surface area contributed by atoms with Gasteiger partial charge in [0.2, 0.25) is 15.9 Å². The van der Waals surface area contributed by atoms with Crippen LogP contribution in [0.25, 0.3) is 0 Å². The van der Waals surface area contributed by atoms with Gasteiger partial charge in [-0.3, -0.25) is 9.52 Å². The van der Waals surface area contributed by atoms with Crippen LogP contribution in [0.5, 0.6) is 0 Å². The zero-order valence-electron chi connectivity index (χ0n) is 16.6. The van der Waals surface area contributed by atoms with Crippen LogP contribution in [-0.2, 0) is 29.6 Å². The highest BCUT2D eigenvalue weighted by molar-refractivity contribution is 7.92. The third kappa shape index (κ3) is 4.98. The predicted octanol–water partition coefficient (Wildman–Crippen LogP) is 1.78. The van der Waals surface area contributed by atoms with Crippen molar-refractivity contribution in [2.24, 2.45) is 0 Å². The Hall–Kier alpha value is -2.47. The van der Waals surface area contributed by atoms with Gasteiger partial charge in [-0.05, 0) is 42.8 Å². The number of nitrogens with one attached hydrogen (secondary N) is 2. The van der Waals surface area contributed by atoms with Gasteiger partial charge in [0.25, 0.3) is 10.0 Å². The lowest BCUT2D eigenvalue weighted by molar-refractivity contribution is -0.114. The Bertz CT molecular complexity index is 1160. The van der Waals surface area contributed by atoms with E-state index in [0.29, 0.717) is 24.5 Å². The molecule has 0 spiro atoms. The van der Waals surface area contributed by atoms with Crippen LogP contribution < -0.4 is 10.0 Å². The number of nitrogens with zero attached hydrogens (tertiary/aromatic N) is 1. The molecule has 0 radical (unpaired) electrons. The van der Waals surface area contributed by atoms with Gasteiger partial charge in [0.1, 0.15) is 0 Å². The van der Waals surface area contributed by atoms with Gasteiger partial charge in [-0.15, -0.1) is 0 Å². The Labute approximate surface area is 176 Å². The highest BCUT2D eigenvalue weighted by Gasteiger charge is 2.27. The summed E-state index contributed by atoms with van der Waals surface area (Å²) in [5.74, 6) is -0.323. The Morgan fingerprint density at radius 1 is 1.00 bits per heavy atom. The van der Waals surface area contributed by atoms with Crippen molar-refractivity contribution in [2.75, 3.05) is 36.3 Å². The summed E-state index contributed by atoms with van der Waals surface area (Å²) in [5.41, 5.74) is 0.944. The molecule has 3 rings (SSSR count). The maximum absolute atomic E-state index is 12.9. The standard InChI is InChI=1S/C19H23N3O6S2/c1-14-6-7-16(20-15(2)23)13-19(14)29(24,25)21-17-4-3-5-18(12-17)30(26,27)22-8-10-28-11-9-22/h3-7,12-13,21H,8-11H2,1-2H3,(H,20,23). The zero-order valence-corrected chi connectivity index (χ0v) is 18.2. The first-order chi connectivity index (χ1) is 14.1. The van der Waals surface area contributed by atoms with Crippen LogP contribution in [0.3, 0.4) is 0 Å². The number of ether oxygens (including phenoxy) is 1. The van der Waals surface area contributed by atoms with Gasteiger partial charge >= 0.3 is 0 Å². The summed E-state index contributed by atoms with van der Waals surface area (Å²) in [5, 5.41) is 2.55. The van der Waals surface area contributed by atoms with Crippen LogP contribution in [0.4, 0.5) is 11.4 Å². The number of aryl methyl sites for hydroxylation is 1. The third-order valence-corrected chi connectivity index (χ3v) is 7.91. The fraction of sp³-hybridized carbons (Fsp3) is 0.316. The minimum atomic E-state index is -4.02. The Morgan fingerprint density at radius 2 is 1.70 bits per heavy atom. The second-order valence-electron chi connectivity index (χ2n) is 6.81. The van der Waals surface area contributed by atoms with E-state index in [1.165, 1.54) is 41.6 Å². The smallest absolute Gasteiger partial charge is 0.262 e. The van der Waals surface area contributed by atoms with Gasteiger partial charge in [0.05, 0.1) is 28.7 Å². The summed E-state index contributed by atoms with van der Waals surface area (Å²) < 4.78 is 60.4. The third-order valence-electron chi connectivity index (χ3n) is 4.49. The molecule has 0 bridgehead atoms. The van der Waals surface area contributed by atoms with E-state index < -0.39 is 20.0 Å². The van der Waals surface area contributed by atoms with Crippen molar-refractivity contribution in [1.29, 1.82) is 0 Å². The first-order valence-electron chi connectivity index (χ1n) is 9.18. The van der Waals surface area contributed by atoms with Gasteiger partial charge < -0.3 is 10.1 Å². The molecule has 1 aliphatic rings. The van der Waals surface area contributed by atoms with Crippen molar-refractivity contribution >= 4 is 37.3 Å². The van der Waals surface area contributed by atoms with Crippen LogP contribution in [0, 0.1) is 6.92 Å². The number of hydrogen-bond donors (Lipinski definition) is 2. The van der Waals surface area contributed by atoms with E-state index in [0.717, 1.165) is 0 Å². The average Bonchev–Trinajstić information content (AvgIpc) is 2.69. The fourth-order valence-electron chi connectivity index (χ4n) is 3.04. The second-order valence-corrected chi connectivity index (χ2v) is 10.4. The maximum Gasteiger partial charge on any atom is 0.262 e. The highest BCUT2D eigenvalue weighted by atomic mass is 32.2. The Morgan fingerprint density at radius 3 is 2.37 bits per heavy atom. The number of hydrogen-bond acceptors (Lipinski definition) is 6. The molecule has 2 N–H and O–H groups in total. The molecule has 1 fully saturated rings. The number of anilines is 2. The lowest BCUT2D eigenvalue weighted by atomic mass is 10.2. The Balaban J connectivity index is 1.89. The van der Waals surface area contributed by atoms with Crippen LogP contribution >= 0.6 is 0 Å². The molecule has 2 aromatic rings. The molecule has 1 aliphatic heterocycles. The quantitative estimate of drug-likeness (QED) is 0.688. The van der Waals surface area contributed by atoms with Crippen molar-refractivity contribution in [3.05, 3.63) is 48.0 Å². The van der Waals surface area contributed by atoms with Gasteiger partial charge in [-0.2, -0.15) is 4.31 Å². The van der Waals surface area contributed by atoms with E-state index in [4.69, 9.17) is 4.74 Å². The number of rotatable bonds is 6. The van der Waals surface area contributed by atoms with E-state index in [9.17, 15) is 21.6 Å². The summed E-state index contributed by atoms with van der Waals surface area (Å²) in [4.78, 5) is 11.2. The van der Waals surface area contributed by atoms with Crippen LogP contribution in [0.15, 0.2) is 52.3 Å². The molecule has 2 aromatic carbocycles. The number of morpholine rings is 1. The van der Waals surface area contributed by atoms with E-state index in [1.54, 1.807) is 19.1 Å². The molecule has 0 aromatic heterocycles. The van der Waals surface area contributed by atoms with Crippen molar-refractivity contribution < 1.29 is 26.4 Å². The SMILES string of the molecule is CC(=O)Nc1ccc(C)c(S(=O)(=O)Nc2cccc(S(=O)(=O)N3CCOCC3)c2)c1. The maximum atomic E-state index is 12.9. The number of sulfonamides is 2. The minimum absolute atomic E-state index is 0.00619. The summed E-state index contributed by atoms with van der Waals surface area (Å²) in [7, 11) is -7.78. The summed E-state index contributed by atoms with van der Waals surface area (Å²) in [6.07, 6.45) is 0. The van der Waals surface area contributed by atoms with E-state index in [1.807, 2.05) is 0 Å². The normalized spacial score (nSPS) is 15.5. The zero-order chi connectivity index (χ0) is 21.9. The van der Waals surface area contributed by atoms with Gasteiger partial charge in [0.15, 0.2) is 0 Å². The van der Waals surface area contributed by atoms with Crippen molar-refractivity contribution in [3.8, 4) is 0 Å². The van der Waals surface area contributed by atoms with Crippen molar-refractivity contribution in [2.45, 2.75) is 23.6 Å². The van der Waals surface area contributed by atoms with E-state index >= 15 is 0 Å². The lowest BCUT2D eigenvalue weighted by Crippen LogP contribution is -2.40. The summed E-state index contributed by atoms with van der Waals surface area (Å²) in [6, 6.07) is 10.2. The second kappa shape index (κ2) is 8.72. The van der Waals surface area contributed by atoms with Gasteiger partial charge in [0, 0.05) is 25.7 Å². The molecule has 0 aliphatic carbocycles. The minimum Gasteiger partial charge on any atom is -0.379 e. The fourth-order valence-corrected chi connectivity index (χ4v) is 5.81. The predicted molar refractivity (Wildman–Crippen MR) is 112 cm³/mol. The molecule has 11 heteroatoms. The molecule has 30 heavy (non-hydrogen) atoms. The molecule has 162 valence electrons. The Kier molecular flexibility index (Phi) is 6.46. The summed E-state index contributed by atoms with van der Waals surface area (Å²) >= 11 is 0. The highest BCUT2D eigenvalue weighted by Crippen LogP contribution is 2.25. The molecule has 1 heterocycles. The monoisotopic (exact) mass is 453 g/mol. The molecular weight excluding hydrogens is 430 g/mol. The molecule has 1 amide bonds. The van der Waals surface area contributed by atoms with Crippen LogP contribution in [0.2, 0.25) is 0 Å². The van der Waals surface area contributed by atoms with Crippen LogP contribution in [0.1, 0.15) is 12.5 Å². The largest absolute Gasteiger partial charge is 0.379 e. The van der Waals surface area contributed by atoms with Gasteiger partial charge in [-0.1, -0.05) is 12.1 Å². The van der Waals surface area contributed by atoms with E-state index in [2.05, 4.69) is 10.0 Å². The summed E-state index contributed by atoms with van der Waals surface area (Å²) in [6.45, 7) is 4.07. The van der Waals surface area contributed by atoms with Crippen molar-refractivity contribution in [3.63, 3.8) is 0 Å². The first kappa shape index (κ1) is 22.2. The van der Waals surface area contributed by atoms with Crippen molar-refractivity contribution in [1.82, 2.24) is 4.31 Å². The molecule has 9 nitrogen and oxygen atoms in total. The number of carbonyl (C=O) groups is 1. The number of carbonyl (C=O) groups excluding carboxylic acids is 1. The first-order valence-corrected chi connectivity index (χ1v) is 12.1. The molecular formula is C19H23N3O6S2. The molecule has 0 unspecified atom stereocenters. The molecule has 0 saturated carbocycles. The van der Waals surface area contributed by atoms with E-state index in [-0.39, 0.29) is 34.5 Å². The van der Waals surface area contributed by atoms with Gasteiger partial charge in [-0.25, -0.2) is 16.8 Å². The average molecular weight is 454 g/mol. The molecule has 1 saturated heterocycles. The number of amides is 1.